The number of rotatable bonds is 4. The predicted molar refractivity (Wildman–Crippen MR) is 70.4 cm³/mol. The van der Waals surface area contributed by atoms with Crippen LogP contribution in [0.3, 0.4) is 0 Å². The van der Waals surface area contributed by atoms with Gasteiger partial charge in [0.2, 0.25) is 0 Å². The second-order valence-corrected chi connectivity index (χ2v) is 5.99. The van der Waals surface area contributed by atoms with Crippen LogP contribution in [0, 0.1) is 0 Å². The molecule has 3 rings (SSSR count). The summed E-state index contributed by atoms with van der Waals surface area (Å²) >= 11 is 0. The topological polar surface area (TPSA) is 41.3 Å². The molecule has 1 aromatic heterocycles. The van der Waals surface area contributed by atoms with Crippen LogP contribution in [0.15, 0.2) is 12.4 Å². The summed E-state index contributed by atoms with van der Waals surface area (Å²) in [6, 6.07) is 1.24. The third-order valence-electron chi connectivity index (χ3n) is 4.36. The van der Waals surface area contributed by atoms with Crippen LogP contribution in [-0.2, 0) is 13.0 Å². The molecule has 0 spiro atoms. The molecule has 2 aliphatic rings. The summed E-state index contributed by atoms with van der Waals surface area (Å²) in [5.74, 6) is 1.02. The molecule has 0 aromatic carbocycles. The first-order valence-corrected chi connectivity index (χ1v) is 7.09. The monoisotopic (exact) mass is 249 g/mol. The second kappa shape index (κ2) is 4.35. The summed E-state index contributed by atoms with van der Waals surface area (Å²) in [4.78, 5) is 6.88. The van der Waals surface area contributed by atoms with Gasteiger partial charge in [0.25, 0.3) is 0 Å². The molecule has 2 unspecified atom stereocenters. The van der Waals surface area contributed by atoms with E-state index in [1.54, 1.807) is 0 Å². The highest BCUT2D eigenvalue weighted by molar-refractivity contribution is 5.06. The van der Waals surface area contributed by atoms with Gasteiger partial charge < -0.3 is 9.67 Å². The first kappa shape index (κ1) is 12.2. The number of aliphatic hydroxyl groups is 1. The second-order valence-electron chi connectivity index (χ2n) is 5.99. The lowest BCUT2D eigenvalue weighted by Crippen LogP contribution is -2.37. The molecule has 100 valence electrons. The predicted octanol–water partition coefficient (Wildman–Crippen LogP) is 1.43. The van der Waals surface area contributed by atoms with Crippen molar-refractivity contribution in [1.82, 2.24) is 14.5 Å². The van der Waals surface area contributed by atoms with Gasteiger partial charge in [-0.3, -0.25) is 4.90 Å². The normalized spacial score (nSPS) is 33.2. The highest BCUT2D eigenvalue weighted by Gasteiger charge is 2.46. The number of aromatic nitrogens is 2. The first-order valence-electron chi connectivity index (χ1n) is 7.09. The van der Waals surface area contributed by atoms with E-state index in [-0.39, 0.29) is 0 Å². The summed E-state index contributed by atoms with van der Waals surface area (Å²) < 4.78 is 2.13. The largest absolute Gasteiger partial charge is 0.388 e. The Kier molecular flexibility index (Phi) is 2.94. The molecule has 1 aromatic rings. The van der Waals surface area contributed by atoms with Gasteiger partial charge in [-0.15, -0.1) is 0 Å². The lowest BCUT2D eigenvalue weighted by Gasteiger charge is -2.23. The Morgan fingerprint density at radius 2 is 2.28 bits per heavy atom. The minimum atomic E-state index is -0.583. The maximum absolute atomic E-state index is 10.8. The van der Waals surface area contributed by atoms with Gasteiger partial charge in [0.15, 0.2) is 0 Å². The van der Waals surface area contributed by atoms with E-state index in [4.69, 9.17) is 0 Å². The molecule has 4 heteroatoms. The van der Waals surface area contributed by atoms with Crippen molar-refractivity contribution in [2.45, 2.75) is 63.8 Å². The maximum Gasteiger partial charge on any atom is 0.111 e. The van der Waals surface area contributed by atoms with Crippen LogP contribution in [0.25, 0.3) is 0 Å². The van der Waals surface area contributed by atoms with Gasteiger partial charge in [0, 0.05) is 44.0 Å². The lowest BCUT2D eigenvalue weighted by molar-refractivity contribution is 0.0459. The van der Waals surface area contributed by atoms with Gasteiger partial charge in [0.1, 0.15) is 5.82 Å². The van der Waals surface area contributed by atoms with Gasteiger partial charge >= 0.3 is 0 Å². The van der Waals surface area contributed by atoms with Crippen molar-refractivity contribution in [2.24, 2.45) is 0 Å². The molecular weight excluding hydrogens is 226 g/mol. The lowest BCUT2D eigenvalue weighted by atomic mass is 9.96. The minimum Gasteiger partial charge on any atom is -0.388 e. The Bertz CT molecular complexity index is 426. The fourth-order valence-electron chi connectivity index (χ4n) is 3.34. The molecule has 1 saturated heterocycles. The smallest absolute Gasteiger partial charge is 0.111 e. The van der Waals surface area contributed by atoms with Crippen LogP contribution in [0.5, 0.6) is 0 Å². The third kappa shape index (κ3) is 2.19. The molecule has 1 aliphatic carbocycles. The van der Waals surface area contributed by atoms with E-state index in [9.17, 15) is 5.11 Å². The molecule has 18 heavy (non-hydrogen) atoms. The number of aryl methyl sites for hydroxylation is 1. The Morgan fingerprint density at radius 3 is 2.94 bits per heavy atom. The minimum absolute atomic E-state index is 0.507. The number of likely N-dealkylation sites (tertiary alicyclic amines) is 1. The van der Waals surface area contributed by atoms with E-state index in [1.807, 2.05) is 12.4 Å². The van der Waals surface area contributed by atoms with Gasteiger partial charge in [-0.1, -0.05) is 0 Å². The standard InChI is InChI=1S/C14H23N3O/c1-3-16-7-6-15-13(16)9-14(18)8-11(2)17(10-14)12-4-5-12/h6-7,11-12,18H,3-5,8-10H2,1-2H3. The highest BCUT2D eigenvalue weighted by atomic mass is 16.3. The summed E-state index contributed by atoms with van der Waals surface area (Å²) in [5, 5.41) is 10.8. The van der Waals surface area contributed by atoms with E-state index < -0.39 is 5.60 Å². The van der Waals surface area contributed by atoms with Crippen LogP contribution >= 0.6 is 0 Å². The third-order valence-corrected chi connectivity index (χ3v) is 4.36. The average molecular weight is 249 g/mol. The van der Waals surface area contributed by atoms with Crippen LogP contribution in [0.4, 0.5) is 0 Å². The van der Waals surface area contributed by atoms with Crippen LogP contribution in [-0.4, -0.2) is 43.8 Å². The molecule has 2 heterocycles. The molecule has 2 atom stereocenters. The first-order chi connectivity index (χ1) is 8.61. The average Bonchev–Trinajstić information content (AvgIpc) is 3.00. The van der Waals surface area contributed by atoms with E-state index in [1.165, 1.54) is 12.8 Å². The fourth-order valence-corrected chi connectivity index (χ4v) is 3.34. The number of β-amino-alcohol motifs (C(OH)–C–C–N with tert-alkyl or cyclic N) is 1. The molecule has 2 fully saturated rings. The summed E-state index contributed by atoms with van der Waals surface area (Å²) in [5.41, 5.74) is -0.583. The number of imidazole rings is 1. The van der Waals surface area contributed by atoms with E-state index >= 15 is 0 Å². The van der Waals surface area contributed by atoms with Gasteiger partial charge in [-0.25, -0.2) is 4.98 Å². The summed E-state index contributed by atoms with van der Waals surface area (Å²) in [6.45, 7) is 6.09. The van der Waals surface area contributed by atoms with Crippen molar-refractivity contribution in [3.05, 3.63) is 18.2 Å². The summed E-state index contributed by atoms with van der Waals surface area (Å²) in [6.07, 6.45) is 8.00. The fraction of sp³-hybridized carbons (Fsp3) is 0.786. The van der Waals surface area contributed by atoms with Crippen molar-refractivity contribution in [3.8, 4) is 0 Å². The Balaban J connectivity index is 1.72. The van der Waals surface area contributed by atoms with Crippen molar-refractivity contribution in [3.63, 3.8) is 0 Å². The zero-order chi connectivity index (χ0) is 12.8. The van der Waals surface area contributed by atoms with Crippen LogP contribution in [0.2, 0.25) is 0 Å². The highest BCUT2D eigenvalue weighted by Crippen LogP contribution is 2.38. The zero-order valence-corrected chi connectivity index (χ0v) is 11.3. The Labute approximate surface area is 109 Å². The van der Waals surface area contributed by atoms with E-state index in [2.05, 4.69) is 28.3 Å². The van der Waals surface area contributed by atoms with Gasteiger partial charge in [-0.05, 0) is 33.1 Å². The zero-order valence-electron chi connectivity index (χ0n) is 11.3. The maximum atomic E-state index is 10.8. The van der Waals surface area contributed by atoms with E-state index in [0.29, 0.717) is 12.5 Å². The Morgan fingerprint density at radius 1 is 1.50 bits per heavy atom. The molecule has 4 nitrogen and oxygen atoms in total. The molecule has 1 aliphatic heterocycles. The summed E-state index contributed by atoms with van der Waals surface area (Å²) in [7, 11) is 0. The number of hydrogen-bond donors (Lipinski definition) is 1. The number of nitrogens with zero attached hydrogens (tertiary/aromatic N) is 3. The SMILES string of the molecule is CCn1ccnc1CC1(O)CC(C)N(C2CC2)C1. The molecule has 0 amide bonds. The molecule has 0 radical (unpaired) electrons. The molecule has 1 N–H and O–H groups in total. The Hall–Kier alpha value is -0.870. The van der Waals surface area contributed by atoms with Crippen molar-refractivity contribution < 1.29 is 5.11 Å². The van der Waals surface area contributed by atoms with Crippen molar-refractivity contribution in [2.75, 3.05) is 6.54 Å². The van der Waals surface area contributed by atoms with Crippen LogP contribution in [0.1, 0.15) is 38.9 Å². The number of hydrogen-bond acceptors (Lipinski definition) is 3. The van der Waals surface area contributed by atoms with Crippen molar-refractivity contribution in [1.29, 1.82) is 0 Å². The van der Waals surface area contributed by atoms with Crippen molar-refractivity contribution >= 4 is 0 Å². The molecular formula is C14H23N3O. The molecule has 0 bridgehead atoms. The van der Waals surface area contributed by atoms with Gasteiger partial charge in [0.05, 0.1) is 5.60 Å². The quantitative estimate of drug-likeness (QED) is 0.877. The molecule has 1 saturated carbocycles. The van der Waals surface area contributed by atoms with E-state index in [0.717, 1.165) is 31.4 Å². The van der Waals surface area contributed by atoms with Crippen LogP contribution < -0.4 is 0 Å². The van der Waals surface area contributed by atoms with Gasteiger partial charge in [-0.2, -0.15) is 0 Å².